The van der Waals surface area contributed by atoms with E-state index in [0.717, 1.165) is 21.6 Å². The molecule has 3 aromatic rings. The predicted octanol–water partition coefficient (Wildman–Crippen LogP) is 6.62. The van der Waals surface area contributed by atoms with Crippen molar-refractivity contribution in [1.82, 2.24) is 5.32 Å². The van der Waals surface area contributed by atoms with E-state index in [2.05, 4.69) is 21.2 Å². The number of anilines is 1. The number of nitrogens with zero attached hydrogens (tertiary/aromatic N) is 1. The highest BCUT2D eigenvalue weighted by atomic mass is 79.9. The van der Waals surface area contributed by atoms with E-state index in [1.807, 2.05) is 31.2 Å². The molecule has 0 aromatic heterocycles. The van der Waals surface area contributed by atoms with Gasteiger partial charge in [0.15, 0.2) is 5.75 Å². The molecule has 1 saturated heterocycles. The molecule has 4 amide bonds. The van der Waals surface area contributed by atoms with E-state index in [4.69, 9.17) is 27.9 Å². The Morgan fingerprint density at radius 1 is 0.971 bits per heavy atom. The maximum absolute atomic E-state index is 13.1. The number of amides is 4. The van der Waals surface area contributed by atoms with E-state index < -0.39 is 17.8 Å². The lowest BCUT2D eigenvalue weighted by atomic mass is 10.1. The summed E-state index contributed by atoms with van der Waals surface area (Å²) in [5.74, 6) is -1.15. The first-order valence-corrected chi connectivity index (χ1v) is 12.0. The Morgan fingerprint density at radius 3 is 2.34 bits per heavy atom. The SMILES string of the molecule is Cc1ccc(COc2c(Cl)cc(/C=C3/C(=O)NC(=O)N(c4ccc(C)c(Cl)c4)C3=O)cc2Br)cc1. The van der Waals surface area contributed by atoms with E-state index in [0.29, 0.717) is 32.4 Å². The summed E-state index contributed by atoms with van der Waals surface area (Å²) < 4.78 is 6.43. The molecule has 1 aliphatic rings. The third kappa shape index (κ3) is 5.42. The van der Waals surface area contributed by atoms with Gasteiger partial charge in [0.25, 0.3) is 11.8 Å². The number of ether oxygens (including phenoxy) is 1. The number of imide groups is 2. The van der Waals surface area contributed by atoms with Crippen LogP contribution >= 0.6 is 39.1 Å². The first-order valence-electron chi connectivity index (χ1n) is 10.5. The number of aryl methyl sites for hydroxylation is 2. The third-order valence-electron chi connectivity index (χ3n) is 5.35. The number of halogens is 3. The van der Waals surface area contributed by atoms with Crippen LogP contribution in [0.4, 0.5) is 10.5 Å². The number of carbonyl (C=O) groups excluding carboxylic acids is 3. The van der Waals surface area contributed by atoms with Crippen molar-refractivity contribution in [2.45, 2.75) is 20.5 Å². The first kappa shape index (κ1) is 25.0. The standard InChI is InChI=1S/C26H19BrCl2N2O4/c1-14-3-6-16(7-4-14)13-35-23-20(27)10-17(11-22(23)29)9-19-24(32)30-26(34)31(25(19)33)18-8-5-15(2)21(28)12-18/h3-12H,13H2,1-2H3,(H,30,32,34)/b19-9-. The summed E-state index contributed by atoms with van der Waals surface area (Å²) in [6, 6.07) is 15.1. The monoisotopic (exact) mass is 572 g/mol. The molecule has 1 aliphatic heterocycles. The molecular formula is C26H19BrCl2N2O4. The summed E-state index contributed by atoms with van der Waals surface area (Å²) in [5, 5.41) is 2.88. The van der Waals surface area contributed by atoms with Crippen LogP contribution in [0.2, 0.25) is 10.0 Å². The minimum Gasteiger partial charge on any atom is -0.486 e. The van der Waals surface area contributed by atoms with Crippen molar-refractivity contribution in [3.05, 3.63) is 96.9 Å². The van der Waals surface area contributed by atoms with Crippen LogP contribution in [0.15, 0.2) is 64.6 Å². The second-order valence-electron chi connectivity index (χ2n) is 7.98. The van der Waals surface area contributed by atoms with Crippen LogP contribution in [0.25, 0.3) is 6.08 Å². The van der Waals surface area contributed by atoms with Crippen LogP contribution in [0, 0.1) is 13.8 Å². The molecule has 4 rings (SSSR count). The number of benzene rings is 3. The zero-order valence-corrected chi connectivity index (χ0v) is 21.8. The molecule has 1 N–H and O–H groups in total. The molecule has 9 heteroatoms. The van der Waals surface area contributed by atoms with Gasteiger partial charge in [-0.25, -0.2) is 9.69 Å². The Kier molecular flexibility index (Phi) is 7.31. The second kappa shape index (κ2) is 10.2. The van der Waals surface area contributed by atoms with Gasteiger partial charge in [0, 0.05) is 5.02 Å². The lowest BCUT2D eigenvalue weighted by molar-refractivity contribution is -0.122. The van der Waals surface area contributed by atoms with E-state index >= 15 is 0 Å². The van der Waals surface area contributed by atoms with Gasteiger partial charge in [-0.2, -0.15) is 0 Å². The second-order valence-corrected chi connectivity index (χ2v) is 9.65. The summed E-state index contributed by atoms with van der Waals surface area (Å²) in [7, 11) is 0. The summed E-state index contributed by atoms with van der Waals surface area (Å²) in [6.45, 7) is 4.12. The number of nitrogens with one attached hydrogen (secondary N) is 1. The van der Waals surface area contributed by atoms with Crippen LogP contribution in [0.5, 0.6) is 5.75 Å². The topological polar surface area (TPSA) is 75.7 Å². The molecule has 1 fully saturated rings. The third-order valence-corrected chi connectivity index (χ3v) is 6.63. The van der Waals surface area contributed by atoms with E-state index in [1.165, 1.54) is 12.1 Å². The van der Waals surface area contributed by atoms with Crippen molar-refractivity contribution in [3.63, 3.8) is 0 Å². The molecule has 0 saturated carbocycles. The van der Waals surface area contributed by atoms with Gasteiger partial charge in [0.05, 0.1) is 15.2 Å². The minimum atomic E-state index is -0.851. The Hall–Kier alpha value is -3.13. The fourth-order valence-corrected chi connectivity index (χ4v) is 4.58. The van der Waals surface area contributed by atoms with Crippen molar-refractivity contribution in [2.24, 2.45) is 0 Å². The molecule has 6 nitrogen and oxygen atoms in total. The smallest absolute Gasteiger partial charge is 0.335 e. The van der Waals surface area contributed by atoms with Crippen LogP contribution in [0.1, 0.15) is 22.3 Å². The molecule has 35 heavy (non-hydrogen) atoms. The molecule has 0 unspecified atom stereocenters. The average molecular weight is 574 g/mol. The largest absolute Gasteiger partial charge is 0.486 e. The molecule has 3 aromatic carbocycles. The number of carbonyl (C=O) groups is 3. The first-order chi connectivity index (χ1) is 16.6. The molecule has 0 atom stereocenters. The van der Waals surface area contributed by atoms with Crippen molar-refractivity contribution in [2.75, 3.05) is 4.90 Å². The van der Waals surface area contributed by atoms with Gasteiger partial charge in [0.2, 0.25) is 0 Å². The minimum absolute atomic E-state index is 0.224. The number of barbiturate groups is 1. The Balaban J connectivity index is 1.61. The van der Waals surface area contributed by atoms with Gasteiger partial charge in [-0.05, 0) is 76.8 Å². The lowest BCUT2D eigenvalue weighted by Crippen LogP contribution is -2.54. The van der Waals surface area contributed by atoms with Crippen LogP contribution in [-0.4, -0.2) is 17.8 Å². The van der Waals surface area contributed by atoms with E-state index in [1.54, 1.807) is 31.2 Å². The fourth-order valence-electron chi connectivity index (χ4n) is 3.42. The maximum atomic E-state index is 13.1. The molecule has 0 radical (unpaired) electrons. The Labute approximate surface area is 220 Å². The van der Waals surface area contributed by atoms with Gasteiger partial charge in [-0.15, -0.1) is 0 Å². The number of rotatable bonds is 5. The predicted molar refractivity (Wildman–Crippen MR) is 140 cm³/mol. The van der Waals surface area contributed by atoms with E-state index in [-0.39, 0.29) is 11.3 Å². The molecule has 1 heterocycles. The zero-order valence-electron chi connectivity index (χ0n) is 18.7. The van der Waals surface area contributed by atoms with Crippen molar-refractivity contribution < 1.29 is 19.1 Å². The normalized spacial score (nSPS) is 14.9. The number of hydrogen-bond donors (Lipinski definition) is 1. The summed E-state index contributed by atoms with van der Waals surface area (Å²) in [6.07, 6.45) is 1.37. The van der Waals surface area contributed by atoms with Crippen LogP contribution < -0.4 is 15.0 Å². The van der Waals surface area contributed by atoms with Crippen LogP contribution in [0.3, 0.4) is 0 Å². The molecule has 0 spiro atoms. The van der Waals surface area contributed by atoms with Crippen molar-refractivity contribution in [1.29, 1.82) is 0 Å². The van der Waals surface area contributed by atoms with Gasteiger partial charge < -0.3 is 4.74 Å². The molecule has 178 valence electrons. The highest BCUT2D eigenvalue weighted by molar-refractivity contribution is 9.10. The van der Waals surface area contributed by atoms with Crippen molar-refractivity contribution in [3.8, 4) is 5.75 Å². The highest BCUT2D eigenvalue weighted by Crippen LogP contribution is 2.36. The maximum Gasteiger partial charge on any atom is 0.335 e. The quantitative estimate of drug-likeness (QED) is 0.275. The summed E-state index contributed by atoms with van der Waals surface area (Å²) in [5.41, 5.74) is 3.42. The molecule has 0 aliphatic carbocycles. The lowest BCUT2D eigenvalue weighted by Gasteiger charge is -2.26. The number of hydrogen-bond acceptors (Lipinski definition) is 4. The highest BCUT2D eigenvalue weighted by Gasteiger charge is 2.37. The van der Waals surface area contributed by atoms with Crippen LogP contribution in [-0.2, 0) is 16.2 Å². The van der Waals surface area contributed by atoms with Gasteiger partial charge >= 0.3 is 6.03 Å². The fraction of sp³-hybridized carbons (Fsp3) is 0.115. The van der Waals surface area contributed by atoms with Gasteiger partial charge in [-0.3, -0.25) is 14.9 Å². The number of urea groups is 1. The van der Waals surface area contributed by atoms with Gasteiger partial charge in [0.1, 0.15) is 12.2 Å². The Morgan fingerprint density at radius 2 is 1.69 bits per heavy atom. The molecule has 0 bridgehead atoms. The molecular weight excluding hydrogens is 555 g/mol. The van der Waals surface area contributed by atoms with Crippen molar-refractivity contribution >= 4 is 68.7 Å². The van der Waals surface area contributed by atoms with E-state index in [9.17, 15) is 14.4 Å². The summed E-state index contributed by atoms with van der Waals surface area (Å²) in [4.78, 5) is 38.9. The zero-order chi connectivity index (χ0) is 25.3. The Bertz CT molecular complexity index is 1360. The summed E-state index contributed by atoms with van der Waals surface area (Å²) >= 11 is 16.1. The average Bonchev–Trinajstić information content (AvgIpc) is 2.79. The van der Waals surface area contributed by atoms with Gasteiger partial charge in [-0.1, -0.05) is 59.1 Å².